The number of ether oxygens (including phenoxy) is 1. The number of ketones is 1. The molecule has 1 rings (SSSR count). The average molecular weight is 423 g/mol. The molecule has 1 fully saturated rings. The van der Waals surface area contributed by atoms with Gasteiger partial charge in [-0.2, -0.15) is 0 Å². The van der Waals surface area contributed by atoms with Crippen molar-refractivity contribution in [2.45, 2.75) is 102 Å². The highest BCUT2D eigenvalue weighted by Crippen LogP contribution is 2.37. The minimum absolute atomic E-state index is 0.0164. The third-order valence-electron chi connectivity index (χ3n) is 6.42. The smallest absolute Gasteiger partial charge is 0.330 e. The summed E-state index contributed by atoms with van der Waals surface area (Å²) >= 11 is 0. The van der Waals surface area contributed by atoms with Crippen LogP contribution in [0.3, 0.4) is 0 Å². The van der Waals surface area contributed by atoms with Crippen LogP contribution < -0.4 is 0 Å². The van der Waals surface area contributed by atoms with Crippen molar-refractivity contribution in [3.63, 3.8) is 0 Å². The van der Waals surface area contributed by atoms with Crippen molar-refractivity contribution in [2.24, 2.45) is 11.8 Å². The van der Waals surface area contributed by atoms with Crippen LogP contribution in [-0.4, -0.2) is 40.8 Å². The van der Waals surface area contributed by atoms with Crippen molar-refractivity contribution in [1.29, 1.82) is 0 Å². The molecule has 0 aromatic heterocycles. The predicted molar refractivity (Wildman–Crippen MR) is 120 cm³/mol. The normalized spacial score (nSPS) is 23.6. The second kappa shape index (κ2) is 14.5. The van der Waals surface area contributed by atoms with Crippen LogP contribution in [0.25, 0.3) is 0 Å². The van der Waals surface area contributed by atoms with Gasteiger partial charge in [-0.15, -0.1) is 6.58 Å². The number of aliphatic hydroxyl groups is 2. The molecule has 0 unspecified atom stereocenters. The zero-order chi connectivity index (χ0) is 22.4. The Bertz CT molecular complexity index is 556. The Labute approximate surface area is 182 Å². The molecule has 0 aliphatic heterocycles. The number of hydrogen-bond donors (Lipinski definition) is 2. The van der Waals surface area contributed by atoms with Crippen LogP contribution in [0.15, 0.2) is 24.8 Å². The number of rotatable bonds is 16. The van der Waals surface area contributed by atoms with Gasteiger partial charge in [-0.3, -0.25) is 4.79 Å². The van der Waals surface area contributed by atoms with Gasteiger partial charge in [0.25, 0.3) is 0 Å². The van der Waals surface area contributed by atoms with E-state index in [1.807, 2.05) is 0 Å². The Hall–Kier alpha value is -1.46. The van der Waals surface area contributed by atoms with Gasteiger partial charge in [0.15, 0.2) is 0 Å². The molecule has 172 valence electrons. The summed E-state index contributed by atoms with van der Waals surface area (Å²) in [6, 6.07) is 0. The molecule has 5 heteroatoms. The Morgan fingerprint density at radius 3 is 2.57 bits per heavy atom. The number of esters is 1. The van der Waals surface area contributed by atoms with Gasteiger partial charge in [-0.05, 0) is 50.9 Å². The summed E-state index contributed by atoms with van der Waals surface area (Å²) in [5.41, 5.74) is -0.844. The molecule has 0 heterocycles. The summed E-state index contributed by atoms with van der Waals surface area (Å²) in [4.78, 5) is 23.4. The number of hydrogen-bond acceptors (Lipinski definition) is 5. The van der Waals surface area contributed by atoms with Crippen LogP contribution >= 0.6 is 0 Å². The van der Waals surface area contributed by atoms with Gasteiger partial charge in [-0.1, -0.05) is 51.2 Å². The minimum atomic E-state index is -0.844. The standard InChI is InChI=1S/C25H42O5/c1-4-6-7-12-17-25(29,5-2)18-13-15-21-20(22(26)19-23(21)27)14-10-8-9-11-16-24(28)30-3/h5,11,16,20-21,23,27,29H,2,4,6-10,12-15,17-19H2,1,3H3/t20-,21-,23-,25+/m1/s1. The molecular weight excluding hydrogens is 380 g/mol. The van der Waals surface area contributed by atoms with Crippen molar-refractivity contribution in [3.05, 3.63) is 24.8 Å². The molecule has 1 aliphatic rings. The molecule has 4 atom stereocenters. The van der Waals surface area contributed by atoms with E-state index in [-0.39, 0.29) is 30.0 Å². The summed E-state index contributed by atoms with van der Waals surface area (Å²) in [6.45, 7) is 5.99. The summed E-state index contributed by atoms with van der Waals surface area (Å²) in [7, 11) is 1.35. The van der Waals surface area contributed by atoms with Crippen LogP contribution in [0, 0.1) is 11.8 Å². The Morgan fingerprint density at radius 1 is 1.17 bits per heavy atom. The van der Waals surface area contributed by atoms with Gasteiger partial charge in [0.2, 0.25) is 0 Å². The number of carbonyl (C=O) groups excluding carboxylic acids is 2. The van der Waals surface area contributed by atoms with E-state index >= 15 is 0 Å². The maximum absolute atomic E-state index is 12.4. The van der Waals surface area contributed by atoms with E-state index < -0.39 is 11.7 Å². The van der Waals surface area contributed by atoms with E-state index in [2.05, 4.69) is 18.2 Å². The monoisotopic (exact) mass is 422 g/mol. The van der Waals surface area contributed by atoms with E-state index in [0.717, 1.165) is 57.8 Å². The van der Waals surface area contributed by atoms with Crippen molar-refractivity contribution in [1.82, 2.24) is 0 Å². The Balaban J connectivity index is 2.42. The van der Waals surface area contributed by atoms with Crippen molar-refractivity contribution >= 4 is 11.8 Å². The van der Waals surface area contributed by atoms with E-state index in [0.29, 0.717) is 6.42 Å². The zero-order valence-electron chi connectivity index (χ0n) is 19.0. The second-order valence-corrected chi connectivity index (χ2v) is 8.73. The van der Waals surface area contributed by atoms with Crippen LogP contribution in [-0.2, 0) is 14.3 Å². The highest BCUT2D eigenvalue weighted by molar-refractivity contribution is 5.84. The molecule has 30 heavy (non-hydrogen) atoms. The lowest BCUT2D eigenvalue weighted by Crippen LogP contribution is -2.27. The molecule has 0 saturated heterocycles. The number of methoxy groups -OCH3 is 1. The number of carbonyl (C=O) groups is 2. The number of allylic oxidation sites excluding steroid dienone is 1. The van der Waals surface area contributed by atoms with Crippen LogP contribution in [0.1, 0.15) is 90.4 Å². The van der Waals surface area contributed by atoms with E-state index in [1.54, 1.807) is 12.2 Å². The first-order valence-corrected chi connectivity index (χ1v) is 11.7. The Kier molecular flexibility index (Phi) is 12.9. The maximum Gasteiger partial charge on any atom is 0.330 e. The zero-order valence-corrected chi connectivity index (χ0v) is 19.0. The topological polar surface area (TPSA) is 83.8 Å². The molecule has 0 spiro atoms. The first-order chi connectivity index (χ1) is 14.4. The molecular formula is C25H42O5. The summed E-state index contributed by atoms with van der Waals surface area (Å²) in [5.74, 6) is -0.298. The molecule has 0 radical (unpaired) electrons. The van der Waals surface area contributed by atoms with E-state index in [1.165, 1.54) is 26.0 Å². The van der Waals surface area contributed by atoms with Crippen molar-refractivity contribution in [2.75, 3.05) is 7.11 Å². The molecule has 0 bridgehead atoms. The van der Waals surface area contributed by atoms with Crippen LogP contribution in [0.5, 0.6) is 0 Å². The molecule has 0 aromatic rings. The minimum Gasteiger partial charge on any atom is -0.466 e. The lowest BCUT2D eigenvalue weighted by Gasteiger charge is -2.26. The fourth-order valence-electron chi connectivity index (χ4n) is 4.49. The molecule has 1 saturated carbocycles. The van der Waals surface area contributed by atoms with Crippen LogP contribution in [0.2, 0.25) is 0 Å². The predicted octanol–water partition coefficient (Wildman–Crippen LogP) is 4.90. The third-order valence-corrected chi connectivity index (χ3v) is 6.42. The summed E-state index contributed by atoms with van der Waals surface area (Å²) in [6.07, 6.45) is 15.3. The van der Waals surface area contributed by atoms with Gasteiger partial charge in [0, 0.05) is 18.4 Å². The third kappa shape index (κ3) is 9.57. The van der Waals surface area contributed by atoms with Gasteiger partial charge in [0.1, 0.15) is 5.78 Å². The number of aliphatic hydroxyl groups excluding tert-OH is 1. The number of Topliss-reactive ketones (excluding diaryl/α,β-unsaturated/α-hetero) is 1. The second-order valence-electron chi connectivity index (χ2n) is 8.73. The van der Waals surface area contributed by atoms with Gasteiger partial charge in [-0.25, -0.2) is 4.79 Å². The number of unbranched alkanes of at least 4 members (excludes halogenated alkanes) is 5. The van der Waals surface area contributed by atoms with Crippen LogP contribution in [0.4, 0.5) is 0 Å². The van der Waals surface area contributed by atoms with Gasteiger partial charge >= 0.3 is 5.97 Å². The van der Waals surface area contributed by atoms with E-state index in [9.17, 15) is 19.8 Å². The molecule has 0 amide bonds. The van der Waals surface area contributed by atoms with Gasteiger partial charge in [0.05, 0.1) is 18.8 Å². The highest BCUT2D eigenvalue weighted by Gasteiger charge is 2.40. The first-order valence-electron chi connectivity index (χ1n) is 11.7. The summed E-state index contributed by atoms with van der Waals surface area (Å²) in [5, 5.41) is 21.2. The highest BCUT2D eigenvalue weighted by atomic mass is 16.5. The summed E-state index contributed by atoms with van der Waals surface area (Å²) < 4.78 is 4.56. The van der Waals surface area contributed by atoms with Crippen molar-refractivity contribution in [3.8, 4) is 0 Å². The quantitative estimate of drug-likeness (QED) is 0.160. The maximum atomic E-state index is 12.4. The molecule has 2 N–H and O–H groups in total. The Morgan fingerprint density at radius 2 is 1.90 bits per heavy atom. The van der Waals surface area contributed by atoms with Crippen molar-refractivity contribution < 1.29 is 24.5 Å². The lowest BCUT2D eigenvalue weighted by molar-refractivity contribution is -0.134. The average Bonchev–Trinajstić information content (AvgIpc) is 3.00. The molecule has 0 aromatic carbocycles. The largest absolute Gasteiger partial charge is 0.466 e. The molecule has 5 nitrogen and oxygen atoms in total. The molecule has 1 aliphatic carbocycles. The first kappa shape index (κ1) is 26.6. The lowest BCUT2D eigenvalue weighted by atomic mass is 9.83. The van der Waals surface area contributed by atoms with Gasteiger partial charge < -0.3 is 14.9 Å². The fourth-order valence-corrected chi connectivity index (χ4v) is 4.49. The SMILES string of the molecule is C=C[C@](O)(CCCCCC)CCC[C@H]1[C@H](O)CC(=O)[C@@H]1CCCCC=CC(=O)OC. The fraction of sp³-hybridized carbons (Fsp3) is 0.760. The van der Waals surface area contributed by atoms with E-state index in [4.69, 9.17) is 0 Å².